The molecule has 2 N–H and O–H groups in total. The van der Waals surface area contributed by atoms with Crippen molar-refractivity contribution in [1.29, 1.82) is 0 Å². The minimum Gasteiger partial charge on any atom is -0.508 e. The minimum atomic E-state index is -3.33. The fourth-order valence-corrected chi connectivity index (χ4v) is 5.50. The van der Waals surface area contributed by atoms with Crippen LogP contribution in [0.25, 0.3) is 21.9 Å². The monoisotopic (exact) mass is 621 g/mol. The Kier molecular flexibility index (Phi) is 11.2. The predicted molar refractivity (Wildman–Crippen MR) is 171 cm³/mol. The van der Waals surface area contributed by atoms with Gasteiger partial charge >= 0.3 is 5.97 Å². The molecule has 44 heavy (non-hydrogen) atoms. The molecule has 4 aromatic carbocycles. The zero-order valence-electron chi connectivity index (χ0n) is 25.2. The summed E-state index contributed by atoms with van der Waals surface area (Å²) >= 11 is 0. The van der Waals surface area contributed by atoms with Crippen LogP contribution in [-0.2, 0) is 19.4 Å². The Balaban J connectivity index is 1.49. The molecular weight excluding hydrogens is 582 g/mol. The number of hydrogen-bond acceptors (Lipinski definition) is 8. The molecule has 0 fully saturated rings. The molecule has 10 heteroatoms. The van der Waals surface area contributed by atoms with Crippen LogP contribution in [0.15, 0.2) is 83.8 Å². The molecule has 0 aliphatic rings. The molecule has 0 saturated heterocycles. The first-order chi connectivity index (χ1) is 21.1. The number of ether oxygens (including phenoxy) is 3. The summed E-state index contributed by atoms with van der Waals surface area (Å²) in [5, 5.41) is 20.3. The molecule has 1 atom stereocenters. The molecule has 0 aromatic heterocycles. The number of hydrogen-bond donors (Lipinski definition) is 2. The third-order valence-electron chi connectivity index (χ3n) is 7.25. The van der Waals surface area contributed by atoms with Gasteiger partial charge in [0, 0.05) is 36.9 Å². The van der Waals surface area contributed by atoms with Crippen molar-refractivity contribution in [3.8, 4) is 34.1 Å². The van der Waals surface area contributed by atoms with E-state index in [4.69, 9.17) is 19.3 Å². The van der Waals surface area contributed by atoms with Crippen LogP contribution in [0, 0.1) is 0 Å². The Morgan fingerprint density at radius 3 is 2.27 bits per heavy atom. The van der Waals surface area contributed by atoms with Crippen molar-refractivity contribution >= 4 is 26.6 Å². The van der Waals surface area contributed by atoms with Crippen LogP contribution < -0.4 is 9.47 Å². The molecule has 9 nitrogen and oxygen atoms in total. The van der Waals surface area contributed by atoms with Gasteiger partial charge in [-0.1, -0.05) is 32.0 Å². The number of phenolic OH excluding ortho intramolecular Hbond substituents is 1. The first-order valence-electron chi connectivity index (χ1n) is 14.6. The van der Waals surface area contributed by atoms with E-state index >= 15 is 0 Å². The molecule has 0 aliphatic carbocycles. The molecule has 234 valence electrons. The van der Waals surface area contributed by atoms with Crippen LogP contribution in [0.4, 0.5) is 0 Å². The number of likely N-dealkylation sites (N-methyl/N-ethyl adjacent to an activating group) is 1. The highest BCUT2D eigenvalue weighted by Gasteiger charge is 2.16. The number of fused-ring (bicyclic) bond motifs is 1. The van der Waals surface area contributed by atoms with E-state index in [0.29, 0.717) is 23.9 Å². The third-order valence-corrected chi connectivity index (χ3v) is 8.38. The van der Waals surface area contributed by atoms with Crippen molar-refractivity contribution in [1.82, 2.24) is 4.90 Å². The minimum absolute atomic E-state index is 0.0334. The highest BCUT2D eigenvalue weighted by atomic mass is 32.2. The fourth-order valence-electron chi connectivity index (χ4n) is 4.87. The van der Waals surface area contributed by atoms with E-state index in [0.717, 1.165) is 54.4 Å². The Morgan fingerprint density at radius 1 is 0.932 bits per heavy atom. The SMILES string of the molecule is CCC(CN(CC)CCCOCC(=O)O)Oc1ccc(Oc2c(-c3ccc(S(C)(=O)=O)cc3)ccc3cc(O)ccc23)cc1. The fraction of sp³-hybridized carbons (Fsp3) is 0.324. The van der Waals surface area contributed by atoms with E-state index in [-0.39, 0.29) is 23.4 Å². The molecule has 0 bridgehead atoms. The lowest BCUT2D eigenvalue weighted by Crippen LogP contribution is -2.36. The second-order valence-electron chi connectivity index (χ2n) is 10.6. The van der Waals surface area contributed by atoms with Gasteiger partial charge < -0.3 is 24.4 Å². The molecule has 0 heterocycles. The molecule has 1 unspecified atom stereocenters. The number of carbonyl (C=O) groups is 1. The summed E-state index contributed by atoms with van der Waals surface area (Å²) in [5.74, 6) is 1.07. The van der Waals surface area contributed by atoms with Crippen LogP contribution in [0.5, 0.6) is 23.0 Å². The van der Waals surface area contributed by atoms with Gasteiger partial charge in [-0.2, -0.15) is 0 Å². The van der Waals surface area contributed by atoms with Gasteiger partial charge in [-0.3, -0.25) is 4.90 Å². The summed E-state index contributed by atoms with van der Waals surface area (Å²) in [5.41, 5.74) is 1.57. The van der Waals surface area contributed by atoms with Gasteiger partial charge in [0.05, 0.1) is 4.90 Å². The van der Waals surface area contributed by atoms with E-state index < -0.39 is 15.8 Å². The van der Waals surface area contributed by atoms with Crippen molar-refractivity contribution < 1.29 is 37.6 Å². The smallest absolute Gasteiger partial charge is 0.329 e. The van der Waals surface area contributed by atoms with Crippen LogP contribution in [0.2, 0.25) is 0 Å². The zero-order valence-corrected chi connectivity index (χ0v) is 26.0. The number of aromatic hydroxyl groups is 1. The number of rotatable bonds is 16. The van der Waals surface area contributed by atoms with Crippen molar-refractivity contribution in [2.24, 2.45) is 0 Å². The quantitative estimate of drug-likeness (QED) is 0.137. The van der Waals surface area contributed by atoms with Gasteiger partial charge in [-0.05, 0) is 91.0 Å². The molecule has 4 aromatic rings. The summed E-state index contributed by atoms with van der Waals surface area (Å²) in [6, 6.07) is 23.0. The van der Waals surface area contributed by atoms with Gasteiger partial charge in [0.15, 0.2) is 9.84 Å². The van der Waals surface area contributed by atoms with Gasteiger partial charge in [-0.25, -0.2) is 13.2 Å². The summed E-state index contributed by atoms with van der Waals surface area (Å²) in [7, 11) is -3.33. The van der Waals surface area contributed by atoms with Crippen LogP contribution in [-0.4, -0.2) is 74.7 Å². The van der Waals surface area contributed by atoms with Gasteiger partial charge in [0.25, 0.3) is 0 Å². The van der Waals surface area contributed by atoms with E-state index in [1.165, 1.54) is 6.26 Å². The second kappa shape index (κ2) is 15.1. The average molecular weight is 622 g/mol. The van der Waals surface area contributed by atoms with E-state index in [2.05, 4.69) is 18.7 Å². The lowest BCUT2D eigenvalue weighted by Gasteiger charge is -2.26. The van der Waals surface area contributed by atoms with Gasteiger partial charge in [0.2, 0.25) is 0 Å². The molecule has 0 radical (unpaired) electrons. The van der Waals surface area contributed by atoms with E-state index in [1.54, 1.807) is 42.5 Å². The van der Waals surface area contributed by atoms with Crippen molar-refractivity contribution in [3.05, 3.63) is 78.9 Å². The van der Waals surface area contributed by atoms with Crippen LogP contribution in [0.3, 0.4) is 0 Å². The van der Waals surface area contributed by atoms with E-state index in [9.17, 15) is 18.3 Å². The van der Waals surface area contributed by atoms with Gasteiger partial charge in [-0.15, -0.1) is 0 Å². The average Bonchev–Trinajstić information content (AvgIpc) is 3.00. The maximum absolute atomic E-state index is 12.0. The number of aliphatic carboxylic acids is 1. The first kappa shape index (κ1) is 32.8. The normalized spacial score (nSPS) is 12.4. The van der Waals surface area contributed by atoms with Crippen molar-refractivity contribution in [3.63, 3.8) is 0 Å². The molecule has 0 aliphatic heterocycles. The Bertz CT molecular complexity index is 1650. The highest BCUT2D eigenvalue weighted by Crippen LogP contribution is 2.41. The second-order valence-corrected chi connectivity index (χ2v) is 12.6. The Labute approximate surface area is 258 Å². The maximum atomic E-state index is 12.0. The number of benzene rings is 4. The number of sulfone groups is 1. The van der Waals surface area contributed by atoms with Crippen LogP contribution in [0.1, 0.15) is 26.7 Å². The van der Waals surface area contributed by atoms with Gasteiger partial charge in [0.1, 0.15) is 35.7 Å². The standard InChI is InChI=1S/C34H39NO8S/c1-4-27(22-35(5-2)19-6-20-41-23-33(37)38)42-28-11-13-29(14-12-28)43-34-31(17-9-25-21-26(36)10-18-32(25)34)24-7-15-30(16-8-24)44(3,39)40/h7-18,21,27,36H,4-6,19-20,22-23H2,1-3H3,(H,37,38). The first-order valence-corrected chi connectivity index (χ1v) is 16.5. The number of nitrogens with zero attached hydrogens (tertiary/aromatic N) is 1. The number of carboxylic acid groups (broad SMARTS) is 1. The van der Waals surface area contributed by atoms with Crippen LogP contribution >= 0.6 is 0 Å². The molecular formula is C34H39NO8S. The Morgan fingerprint density at radius 2 is 1.64 bits per heavy atom. The largest absolute Gasteiger partial charge is 0.508 e. The lowest BCUT2D eigenvalue weighted by molar-refractivity contribution is -0.142. The predicted octanol–water partition coefficient (Wildman–Crippen LogP) is 6.38. The summed E-state index contributed by atoms with van der Waals surface area (Å²) in [6.07, 6.45) is 2.70. The zero-order chi connectivity index (χ0) is 31.7. The number of carboxylic acids is 1. The van der Waals surface area contributed by atoms with Crippen molar-refractivity contribution in [2.75, 3.05) is 39.1 Å². The number of phenols is 1. The summed E-state index contributed by atoms with van der Waals surface area (Å²) in [4.78, 5) is 13.1. The Hall–Kier alpha value is -4.12. The maximum Gasteiger partial charge on any atom is 0.329 e. The van der Waals surface area contributed by atoms with E-state index in [1.807, 2.05) is 36.4 Å². The third kappa shape index (κ3) is 8.95. The molecule has 4 rings (SSSR count). The molecule has 0 saturated carbocycles. The molecule has 0 amide bonds. The topological polar surface area (TPSA) is 123 Å². The summed E-state index contributed by atoms with van der Waals surface area (Å²) < 4.78 is 41.8. The van der Waals surface area contributed by atoms with Crippen molar-refractivity contribution in [2.45, 2.75) is 37.7 Å². The highest BCUT2D eigenvalue weighted by molar-refractivity contribution is 7.90. The molecule has 0 spiro atoms. The summed E-state index contributed by atoms with van der Waals surface area (Å²) in [6.45, 7) is 6.63. The lowest BCUT2D eigenvalue weighted by atomic mass is 9.99.